The average Bonchev–Trinajstić information content (AvgIpc) is 2.28. The van der Waals surface area contributed by atoms with Gasteiger partial charge in [0.15, 0.2) is 17.5 Å². The molecular formula is C11H17N3O2. The van der Waals surface area contributed by atoms with E-state index in [1.165, 1.54) is 0 Å². The smallest absolute Gasteiger partial charge is 0.185 e. The second-order valence-electron chi connectivity index (χ2n) is 3.28. The molecule has 1 aromatic carbocycles. The number of nitrogens with one attached hydrogen (secondary N) is 2. The molecule has 0 spiro atoms. The van der Waals surface area contributed by atoms with Crippen LogP contribution in [0.2, 0.25) is 0 Å². The van der Waals surface area contributed by atoms with Gasteiger partial charge in [0.05, 0.1) is 14.2 Å². The van der Waals surface area contributed by atoms with Crippen molar-refractivity contribution in [2.24, 2.45) is 5.73 Å². The molecule has 0 aliphatic carbocycles. The minimum atomic E-state index is -0.0134. The van der Waals surface area contributed by atoms with E-state index in [-0.39, 0.29) is 5.96 Å². The van der Waals surface area contributed by atoms with Gasteiger partial charge in [-0.05, 0) is 24.1 Å². The van der Waals surface area contributed by atoms with Crippen LogP contribution in [0.25, 0.3) is 0 Å². The molecule has 0 radical (unpaired) electrons. The second kappa shape index (κ2) is 5.85. The first-order valence-corrected chi connectivity index (χ1v) is 4.96. The van der Waals surface area contributed by atoms with E-state index in [0.717, 1.165) is 12.0 Å². The number of nitrogens with two attached hydrogens (primary N) is 1. The van der Waals surface area contributed by atoms with E-state index in [9.17, 15) is 0 Å². The second-order valence-corrected chi connectivity index (χ2v) is 3.28. The van der Waals surface area contributed by atoms with Gasteiger partial charge in [0.1, 0.15) is 0 Å². The molecule has 0 bridgehead atoms. The minimum Gasteiger partial charge on any atom is -0.493 e. The number of methoxy groups -OCH3 is 2. The summed E-state index contributed by atoms with van der Waals surface area (Å²) in [6.45, 7) is 0.630. The van der Waals surface area contributed by atoms with Crippen molar-refractivity contribution in [2.75, 3.05) is 20.8 Å². The molecule has 0 saturated carbocycles. The SMILES string of the molecule is COc1ccc(CCNC(=N)N)cc1OC. The Morgan fingerprint density at radius 2 is 2.00 bits per heavy atom. The van der Waals surface area contributed by atoms with Gasteiger partial charge >= 0.3 is 0 Å². The summed E-state index contributed by atoms with van der Waals surface area (Å²) in [6.07, 6.45) is 0.778. The molecule has 5 heteroatoms. The first-order chi connectivity index (χ1) is 7.67. The Balaban J connectivity index is 2.64. The maximum absolute atomic E-state index is 7.02. The molecule has 1 aromatic rings. The van der Waals surface area contributed by atoms with Crippen LogP contribution in [-0.2, 0) is 6.42 Å². The molecule has 88 valence electrons. The monoisotopic (exact) mass is 223 g/mol. The third-order valence-electron chi connectivity index (χ3n) is 2.18. The van der Waals surface area contributed by atoms with Crippen LogP contribution in [0.5, 0.6) is 11.5 Å². The molecule has 1 rings (SSSR count). The number of benzene rings is 1. The normalized spacial score (nSPS) is 9.62. The lowest BCUT2D eigenvalue weighted by atomic mass is 10.1. The Morgan fingerprint density at radius 3 is 2.56 bits per heavy atom. The standard InChI is InChI=1S/C11H17N3O2/c1-15-9-4-3-8(7-10(9)16-2)5-6-14-11(12)13/h3-4,7H,5-6H2,1-2H3,(H4,12,13,14). The fraction of sp³-hybridized carbons (Fsp3) is 0.364. The van der Waals surface area contributed by atoms with E-state index in [1.54, 1.807) is 14.2 Å². The van der Waals surface area contributed by atoms with Gasteiger partial charge < -0.3 is 20.5 Å². The van der Waals surface area contributed by atoms with E-state index < -0.39 is 0 Å². The van der Waals surface area contributed by atoms with Gasteiger partial charge in [-0.2, -0.15) is 0 Å². The highest BCUT2D eigenvalue weighted by Gasteiger charge is 2.04. The Hall–Kier alpha value is -1.91. The predicted octanol–water partition coefficient (Wildman–Crippen LogP) is 0.729. The molecule has 0 saturated heterocycles. The molecule has 5 nitrogen and oxygen atoms in total. The third kappa shape index (κ3) is 3.34. The van der Waals surface area contributed by atoms with Crippen molar-refractivity contribution in [3.8, 4) is 11.5 Å². The number of rotatable bonds is 5. The van der Waals surface area contributed by atoms with Gasteiger partial charge in [-0.25, -0.2) is 0 Å². The lowest BCUT2D eigenvalue weighted by Gasteiger charge is -2.09. The summed E-state index contributed by atoms with van der Waals surface area (Å²) in [5, 5.41) is 9.77. The van der Waals surface area contributed by atoms with Gasteiger partial charge in [-0.15, -0.1) is 0 Å². The quantitative estimate of drug-likeness (QED) is 0.508. The fourth-order valence-electron chi connectivity index (χ4n) is 1.38. The Morgan fingerprint density at radius 1 is 1.31 bits per heavy atom. The lowest BCUT2D eigenvalue weighted by Crippen LogP contribution is -2.31. The van der Waals surface area contributed by atoms with Crippen molar-refractivity contribution in [3.63, 3.8) is 0 Å². The Labute approximate surface area is 95.1 Å². The summed E-state index contributed by atoms with van der Waals surface area (Å²) in [7, 11) is 3.21. The number of guanidine groups is 1. The van der Waals surface area contributed by atoms with E-state index in [1.807, 2.05) is 18.2 Å². The van der Waals surface area contributed by atoms with Gasteiger partial charge in [0.2, 0.25) is 0 Å². The van der Waals surface area contributed by atoms with Gasteiger partial charge in [0.25, 0.3) is 0 Å². The molecular weight excluding hydrogens is 206 g/mol. The maximum Gasteiger partial charge on any atom is 0.185 e. The van der Waals surface area contributed by atoms with Crippen molar-refractivity contribution in [2.45, 2.75) is 6.42 Å². The molecule has 0 amide bonds. The zero-order valence-electron chi connectivity index (χ0n) is 9.54. The summed E-state index contributed by atoms with van der Waals surface area (Å²) in [4.78, 5) is 0. The molecule has 0 heterocycles. The van der Waals surface area contributed by atoms with Gasteiger partial charge in [-0.3, -0.25) is 5.41 Å². The minimum absolute atomic E-state index is 0.0134. The molecule has 0 aromatic heterocycles. The molecule has 4 N–H and O–H groups in total. The molecule has 0 aliphatic heterocycles. The van der Waals surface area contributed by atoms with Crippen LogP contribution in [0.1, 0.15) is 5.56 Å². The van der Waals surface area contributed by atoms with Crippen LogP contribution < -0.4 is 20.5 Å². The summed E-state index contributed by atoms with van der Waals surface area (Å²) in [6, 6.07) is 5.74. The summed E-state index contributed by atoms with van der Waals surface area (Å²) in [5.41, 5.74) is 6.29. The molecule has 0 unspecified atom stereocenters. The Bertz CT molecular complexity index is 366. The predicted molar refractivity (Wildman–Crippen MR) is 63.2 cm³/mol. The highest BCUT2D eigenvalue weighted by atomic mass is 16.5. The van der Waals surface area contributed by atoms with Crippen LogP contribution in [0, 0.1) is 5.41 Å². The topological polar surface area (TPSA) is 80.4 Å². The Kier molecular flexibility index (Phi) is 4.44. The van der Waals surface area contributed by atoms with Gasteiger partial charge in [0, 0.05) is 6.54 Å². The number of hydrogen-bond acceptors (Lipinski definition) is 3. The van der Waals surface area contributed by atoms with Crippen LogP contribution in [0.3, 0.4) is 0 Å². The average molecular weight is 223 g/mol. The zero-order chi connectivity index (χ0) is 12.0. The van der Waals surface area contributed by atoms with E-state index in [4.69, 9.17) is 20.6 Å². The fourth-order valence-corrected chi connectivity index (χ4v) is 1.38. The molecule has 16 heavy (non-hydrogen) atoms. The van der Waals surface area contributed by atoms with Crippen LogP contribution in [0.4, 0.5) is 0 Å². The zero-order valence-corrected chi connectivity index (χ0v) is 9.54. The van der Waals surface area contributed by atoms with Crippen LogP contribution in [0.15, 0.2) is 18.2 Å². The number of hydrogen-bond donors (Lipinski definition) is 3. The van der Waals surface area contributed by atoms with Crippen molar-refractivity contribution < 1.29 is 9.47 Å². The van der Waals surface area contributed by atoms with Crippen molar-refractivity contribution in [1.82, 2.24) is 5.32 Å². The number of ether oxygens (including phenoxy) is 2. The molecule has 0 aliphatic rings. The van der Waals surface area contributed by atoms with E-state index in [0.29, 0.717) is 18.0 Å². The van der Waals surface area contributed by atoms with E-state index >= 15 is 0 Å². The summed E-state index contributed by atoms with van der Waals surface area (Å²) in [5.74, 6) is 1.41. The first kappa shape index (κ1) is 12.2. The lowest BCUT2D eigenvalue weighted by molar-refractivity contribution is 0.354. The first-order valence-electron chi connectivity index (χ1n) is 4.96. The van der Waals surface area contributed by atoms with Crippen molar-refractivity contribution >= 4 is 5.96 Å². The van der Waals surface area contributed by atoms with Crippen LogP contribution in [-0.4, -0.2) is 26.7 Å². The highest BCUT2D eigenvalue weighted by molar-refractivity contribution is 5.74. The summed E-state index contributed by atoms with van der Waals surface area (Å²) < 4.78 is 10.3. The highest BCUT2D eigenvalue weighted by Crippen LogP contribution is 2.27. The summed E-state index contributed by atoms with van der Waals surface area (Å²) >= 11 is 0. The maximum atomic E-state index is 7.02. The van der Waals surface area contributed by atoms with Gasteiger partial charge in [-0.1, -0.05) is 6.07 Å². The van der Waals surface area contributed by atoms with E-state index in [2.05, 4.69) is 5.32 Å². The van der Waals surface area contributed by atoms with Crippen molar-refractivity contribution in [3.05, 3.63) is 23.8 Å². The molecule has 0 fully saturated rings. The van der Waals surface area contributed by atoms with Crippen LogP contribution >= 0.6 is 0 Å². The largest absolute Gasteiger partial charge is 0.493 e. The molecule has 0 atom stereocenters. The third-order valence-corrected chi connectivity index (χ3v) is 2.18. The van der Waals surface area contributed by atoms with Crippen molar-refractivity contribution in [1.29, 1.82) is 5.41 Å².